The van der Waals surface area contributed by atoms with Crippen molar-refractivity contribution in [3.05, 3.63) is 70.1 Å². The molecule has 1 atom stereocenters. The van der Waals surface area contributed by atoms with Gasteiger partial charge in [0, 0.05) is 18.5 Å². The predicted octanol–water partition coefficient (Wildman–Crippen LogP) is 6.49. The van der Waals surface area contributed by atoms with Crippen molar-refractivity contribution < 1.29 is 9.18 Å². The molecule has 4 aromatic rings. The summed E-state index contributed by atoms with van der Waals surface area (Å²) in [4.78, 5) is 26.3. The molecule has 2 aromatic carbocycles. The first-order chi connectivity index (χ1) is 16.0. The fourth-order valence-corrected chi connectivity index (χ4v) is 7.25. The van der Waals surface area contributed by atoms with Gasteiger partial charge < -0.3 is 4.90 Å². The minimum Gasteiger partial charge on any atom is -0.331 e. The fraction of sp³-hybridized carbons (Fsp3) is 0.346. The highest BCUT2D eigenvalue weighted by molar-refractivity contribution is 7.18. The monoisotopic (exact) mass is 477 g/mol. The van der Waals surface area contributed by atoms with Crippen LogP contribution in [-0.4, -0.2) is 32.9 Å². The molecule has 2 saturated heterocycles. The standard InChI is InChI=1S/C26H24FN3OS2/c1-15-28-24(25(32-15)17-5-3-2-4-6-17)26(31)30-19(11-16-12-20(30)13-16)8-10-23-29-21-9-7-18(27)14-22(21)33-23/h2-7,9,14,16,19-20H,8,10-13H2,1H3. The van der Waals surface area contributed by atoms with E-state index in [1.807, 2.05) is 37.3 Å². The number of halogens is 1. The maximum Gasteiger partial charge on any atom is 0.274 e. The average Bonchev–Trinajstić information content (AvgIpc) is 3.39. The average molecular weight is 478 g/mol. The molecule has 7 rings (SSSR count). The van der Waals surface area contributed by atoms with Crippen LogP contribution in [0.25, 0.3) is 20.7 Å². The molecule has 4 heterocycles. The first-order valence-electron chi connectivity index (χ1n) is 11.5. The van der Waals surface area contributed by atoms with Gasteiger partial charge in [-0.3, -0.25) is 4.79 Å². The van der Waals surface area contributed by atoms with Crippen LogP contribution < -0.4 is 0 Å². The van der Waals surface area contributed by atoms with Crippen molar-refractivity contribution in [1.29, 1.82) is 0 Å². The minimum atomic E-state index is -0.227. The van der Waals surface area contributed by atoms with Gasteiger partial charge in [-0.2, -0.15) is 0 Å². The molecule has 2 aliphatic heterocycles. The van der Waals surface area contributed by atoms with Crippen LogP contribution in [0.5, 0.6) is 0 Å². The molecule has 4 nitrogen and oxygen atoms in total. The summed E-state index contributed by atoms with van der Waals surface area (Å²) in [5.74, 6) is 0.562. The Morgan fingerprint density at radius 3 is 2.73 bits per heavy atom. The van der Waals surface area contributed by atoms with Gasteiger partial charge in [0.15, 0.2) is 0 Å². The number of hydrogen-bond donors (Lipinski definition) is 0. The van der Waals surface area contributed by atoms with E-state index in [-0.39, 0.29) is 17.8 Å². The molecule has 0 spiro atoms. The Kier molecular flexibility index (Phi) is 5.26. The quantitative estimate of drug-likeness (QED) is 0.330. The number of nitrogens with zero attached hydrogens (tertiary/aromatic N) is 3. The van der Waals surface area contributed by atoms with Gasteiger partial charge in [-0.05, 0) is 62.3 Å². The van der Waals surface area contributed by atoms with E-state index in [0.29, 0.717) is 11.7 Å². The van der Waals surface area contributed by atoms with E-state index in [4.69, 9.17) is 4.98 Å². The van der Waals surface area contributed by atoms with Crippen LogP contribution in [0.15, 0.2) is 48.5 Å². The Morgan fingerprint density at radius 1 is 1.09 bits per heavy atom. The number of carbonyl (C=O) groups is 1. The number of fused-ring (bicyclic) bond motifs is 3. The third-order valence-electron chi connectivity index (χ3n) is 6.90. The van der Waals surface area contributed by atoms with E-state index < -0.39 is 0 Å². The summed E-state index contributed by atoms with van der Waals surface area (Å²) < 4.78 is 14.4. The van der Waals surface area contributed by atoms with Crippen LogP contribution >= 0.6 is 22.7 Å². The van der Waals surface area contributed by atoms with E-state index in [0.717, 1.165) is 68.7 Å². The van der Waals surface area contributed by atoms with Crippen molar-refractivity contribution in [3.8, 4) is 10.4 Å². The molecule has 2 aromatic heterocycles. The summed E-state index contributed by atoms with van der Waals surface area (Å²) in [7, 11) is 0. The molecule has 1 amide bonds. The topological polar surface area (TPSA) is 46.1 Å². The van der Waals surface area contributed by atoms with E-state index in [9.17, 15) is 9.18 Å². The summed E-state index contributed by atoms with van der Waals surface area (Å²) in [6, 6.07) is 15.4. The second-order valence-corrected chi connectivity index (χ2v) is 11.4. The van der Waals surface area contributed by atoms with Crippen LogP contribution in [0.3, 0.4) is 0 Å². The third kappa shape index (κ3) is 3.87. The summed E-state index contributed by atoms with van der Waals surface area (Å²) >= 11 is 3.15. The number of hydrogen-bond acceptors (Lipinski definition) is 5. The lowest BCUT2D eigenvalue weighted by Gasteiger charge is -2.53. The van der Waals surface area contributed by atoms with Gasteiger partial charge in [0.2, 0.25) is 0 Å². The number of carbonyl (C=O) groups excluding carboxylic acids is 1. The second-order valence-electron chi connectivity index (χ2n) is 9.13. The molecule has 33 heavy (non-hydrogen) atoms. The predicted molar refractivity (Wildman–Crippen MR) is 131 cm³/mol. The fourth-order valence-electron chi connectivity index (χ4n) is 5.33. The van der Waals surface area contributed by atoms with Gasteiger partial charge in [-0.1, -0.05) is 30.3 Å². The number of aryl methyl sites for hydroxylation is 2. The summed E-state index contributed by atoms with van der Waals surface area (Å²) in [5, 5.41) is 1.93. The van der Waals surface area contributed by atoms with Gasteiger partial charge >= 0.3 is 0 Å². The van der Waals surface area contributed by atoms with Gasteiger partial charge in [-0.25, -0.2) is 14.4 Å². The largest absolute Gasteiger partial charge is 0.331 e. The summed E-state index contributed by atoms with van der Waals surface area (Å²) in [5.41, 5.74) is 2.49. The zero-order chi connectivity index (χ0) is 22.5. The van der Waals surface area contributed by atoms with Gasteiger partial charge in [0.05, 0.1) is 25.1 Å². The Balaban J connectivity index is 1.26. The smallest absolute Gasteiger partial charge is 0.274 e. The molecule has 3 aliphatic rings. The maximum absolute atomic E-state index is 13.9. The van der Waals surface area contributed by atoms with E-state index in [1.165, 1.54) is 6.07 Å². The molecule has 2 bridgehead atoms. The number of rotatable bonds is 5. The molecule has 1 saturated carbocycles. The molecule has 1 unspecified atom stereocenters. The van der Waals surface area contributed by atoms with Crippen LogP contribution in [0.4, 0.5) is 4.39 Å². The van der Waals surface area contributed by atoms with E-state index >= 15 is 0 Å². The summed E-state index contributed by atoms with van der Waals surface area (Å²) in [6.45, 7) is 1.97. The number of piperidine rings is 2. The lowest BCUT2D eigenvalue weighted by Crippen LogP contribution is -2.59. The lowest BCUT2D eigenvalue weighted by atomic mass is 9.69. The van der Waals surface area contributed by atoms with Crippen LogP contribution in [0.2, 0.25) is 0 Å². The van der Waals surface area contributed by atoms with Crippen molar-refractivity contribution in [2.24, 2.45) is 5.92 Å². The van der Waals surface area contributed by atoms with Gasteiger partial charge in [-0.15, -0.1) is 22.7 Å². The van der Waals surface area contributed by atoms with Crippen molar-refractivity contribution >= 4 is 38.8 Å². The minimum absolute atomic E-state index is 0.0673. The number of aromatic nitrogens is 2. The van der Waals surface area contributed by atoms with E-state index in [2.05, 4.69) is 9.88 Å². The molecular formula is C26H24FN3OS2. The molecular weight excluding hydrogens is 453 g/mol. The zero-order valence-corrected chi connectivity index (χ0v) is 20.0. The van der Waals surface area contributed by atoms with Crippen molar-refractivity contribution in [1.82, 2.24) is 14.9 Å². The highest BCUT2D eigenvalue weighted by Crippen LogP contribution is 2.45. The number of thiazole rings is 2. The Labute approximate surface area is 200 Å². The number of benzene rings is 2. The van der Waals surface area contributed by atoms with Crippen molar-refractivity contribution in [3.63, 3.8) is 0 Å². The molecule has 7 heteroatoms. The lowest BCUT2D eigenvalue weighted by molar-refractivity contribution is -0.0204. The Hall–Kier alpha value is -2.64. The highest BCUT2D eigenvalue weighted by Gasteiger charge is 2.47. The van der Waals surface area contributed by atoms with Crippen LogP contribution in [0.1, 0.15) is 46.2 Å². The SMILES string of the molecule is Cc1nc(C(=O)N2C(CCc3nc4ccc(F)cc4s3)CC3CC2C3)c(-c2ccccc2)s1. The van der Waals surface area contributed by atoms with Gasteiger partial charge in [0.25, 0.3) is 5.91 Å². The molecule has 168 valence electrons. The third-order valence-corrected chi connectivity index (χ3v) is 8.99. The molecule has 0 radical (unpaired) electrons. The van der Waals surface area contributed by atoms with Crippen molar-refractivity contribution in [2.45, 2.75) is 51.1 Å². The van der Waals surface area contributed by atoms with Gasteiger partial charge in [0.1, 0.15) is 11.5 Å². The Bertz CT molecular complexity index is 1330. The second kappa shape index (κ2) is 8.29. The first-order valence-corrected chi connectivity index (χ1v) is 13.1. The highest BCUT2D eigenvalue weighted by atomic mass is 32.1. The number of amides is 1. The van der Waals surface area contributed by atoms with Crippen LogP contribution in [0, 0.1) is 18.7 Å². The molecule has 1 aliphatic carbocycles. The van der Waals surface area contributed by atoms with E-state index in [1.54, 1.807) is 34.8 Å². The molecule has 0 N–H and O–H groups in total. The van der Waals surface area contributed by atoms with Crippen molar-refractivity contribution in [2.75, 3.05) is 0 Å². The normalized spacial score (nSPS) is 21.9. The summed E-state index contributed by atoms with van der Waals surface area (Å²) in [6.07, 6.45) is 4.94. The Morgan fingerprint density at radius 2 is 1.91 bits per heavy atom. The first kappa shape index (κ1) is 20.9. The zero-order valence-electron chi connectivity index (χ0n) is 18.3. The van der Waals surface area contributed by atoms with Crippen LogP contribution in [-0.2, 0) is 6.42 Å². The molecule has 3 fully saturated rings. The maximum atomic E-state index is 13.9.